The lowest BCUT2D eigenvalue weighted by Crippen LogP contribution is -2.34. The van der Waals surface area contributed by atoms with Gasteiger partial charge in [-0.15, -0.1) is 0 Å². The minimum Gasteiger partial charge on any atom is -0.395 e. The van der Waals surface area contributed by atoms with Crippen LogP contribution >= 0.6 is 0 Å². The van der Waals surface area contributed by atoms with Crippen LogP contribution in [0.1, 0.15) is 31.9 Å². The zero-order valence-corrected chi connectivity index (χ0v) is 9.50. The average molecular weight is 229 g/mol. The fraction of sp³-hybridized carbons (Fsp3) is 0.500. The van der Waals surface area contributed by atoms with E-state index in [9.17, 15) is 8.78 Å². The third-order valence-corrected chi connectivity index (χ3v) is 2.62. The Bertz CT molecular complexity index is 340. The van der Waals surface area contributed by atoms with E-state index in [1.54, 1.807) is 6.92 Å². The summed E-state index contributed by atoms with van der Waals surface area (Å²) >= 11 is 0. The highest BCUT2D eigenvalue weighted by atomic mass is 19.1. The number of nitrogens with one attached hydrogen (secondary N) is 1. The first-order valence-electron chi connectivity index (χ1n) is 5.40. The number of aliphatic hydroxyl groups excluding tert-OH is 1. The SMILES string of the molecule is CC[C@H](CO)NC(C)c1cc(F)ccc1F. The normalized spacial score (nSPS) is 14.8. The molecule has 1 rings (SSSR count). The average Bonchev–Trinajstić information content (AvgIpc) is 2.28. The molecule has 90 valence electrons. The predicted octanol–water partition coefficient (Wildman–Crippen LogP) is 2.39. The number of halogens is 2. The lowest BCUT2D eigenvalue weighted by molar-refractivity contribution is 0.229. The Labute approximate surface area is 94.3 Å². The smallest absolute Gasteiger partial charge is 0.128 e. The van der Waals surface area contributed by atoms with E-state index in [-0.39, 0.29) is 24.3 Å². The van der Waals surface area contributed by atoms with Gasteiger partial charge in [0.1, 0.15) is 11.6 Å². The molecule has 2 nitrogen and oxygen atoms in total. The maximum absolute atomic E-state index is 13.4. The van der Waals surface area contributed by atoms with Crippen molar-refractivity contribution < 1.29 is 13.9 Å². The molecule has 0 heterocycles. The monoisotopic (exact) mass is 229 g/mol. The van der Waals surface area contributed by atoms with E-state index >= 15 is 0 Å². The summed E-state index contributed by atoms with van der Waals surface area (Å²) in [5, 5.41) is 12.1. The molecule has 2 atom stereocenters. The fourth-order valence-electron chi connectivity index (χ4n) is 1.59. The molecule has 4 heteroatoms. The number of hydrogen-bond acceptors (Lipinski definition) is 2. The van der Waals surface area contributed by atoms with E-state index in [0.29, 0.717) is 0 Å². The van der Waals surface area contributed by atoms with Crippen molar-refractivity contribution in [2.24, 2.45) is 0 Å². The Morgan fingerprint density at radius 2 is 2.06 bits per heavy atom. The Morgan fingerprint density at radius 3 is 2.62 bits per heavy atom. The van der Waals surface area contributed by atoms with Crippen molar-refractivity contribution >= 4 is 0 Å². The fourth-order valence-corrected chi connectivity index (χ4v) is 1.59. The highest BCUT2D eigenvalue weighted by Gasteiger charge is 2.15. The second kappa shape index (κ2) is 5.92. The highest BCUT2D eigenvalue weighted by Crippen LogP contribution is 2.18. The van der Waals surface area contributed by atoms with Crippen LogP contribution in [0, 0.1) is 11.6 Å². The van der Waals surface area contributed by atoms with E-state index in [0.717, 1.165) is 18.6 Å². The standard InChI is InChI=1S/C12H17F2NO/c1-3-10(7-16)15-8(2)11-6-9(13)4-5-12(11)14/h4-6,8,10,15-16H,3,7H2,1-2H3/t8?,10-/m1/s1. The molecule has 0 radical (unpaired) electrons. The van der Waals surface area contributed by atoms with Crippen molar-refractivity contribution in [3.05, 3.63) is 35.4 Å². The second-order valence-electron chi connectivity index (χ2n) is 3.84. The summed E-state index contributed by atoms with van der Waals surface area (Å²) in [7, 11) is 0. The van der Waals surface area contributed by atoms with Crippen LogP contribution in [0.15, 0.2) is 18.2 Å². The molecule has 16 heavy (non-hydrogen) atoms. The van der Waals surface area contributed by atoms with Gasteiger partial charge in [0.2, 0.25) is 0 Å². The third-order valence-electron chi connectivity index (χ3n) is 2.62. The molecule has 1 aromatic carbocycles. The molecule has 0 aliphatic rings. The van der Waals surface area contributed by atoms with Crippen molar-refractivity contribution in [1.29, 1.82) is 0 Å². The Kier molecular flexibility index (Phi) is 4.83. The molecule has 0 aromatic heterocycles. The first-order valence-corrected chi connectivity index (χ1v) is 5.40. The first-order chi connectivity index (χ1) is 7.58. The van der Waals surface area contributed by atoms with Gasteiger partial charge in [-0.05, 0) is 31.5 Å². The second-order valence-corrected chi connectivity index (χ2v) is 3.84. The van der Waals surface area contributed by atoms with Crippen LogP contribution in [0.5, 0.6) is 0 Å². The highest BCUT2D eigenvalue weighted by molar-refractivity contribution is 5.21. The van der Waals surface area contributed by atoms with E-state index in [1.165, 1.54) is 6.07 Å². The molecular weight excluding hydrogens is 212 g/mol. The van der Waals surface area contributed by atoms with Gasteiger partial charge in [0.05, 0.1) is 6.61 Å². The van der Waals surface area contributed by atoms with E-state index in [2.05, 4.69) is 5.32 Å². The molecule has 0 amide bonds. The topological polar surface area (TPSA) is 32.3 Å². The Morgan fingerprint density at radius 1 is 1.38 bits per heavy atom. The van der Waals surface area contributed by atoms with Gasteiger partial charge >= 0.3 is 0 Å². The lowest BCUT2D eigenvalue weighted by Gasteiger charge is -2.21. The molecule has 1 aromatic rings. The van der Waals surface area contributed by atoms with Crippen molar-refractivity contribution in [1.82, 2.24) is 5.32 Å². The van der Waals surface area contributed by atoms with Gasteiger partial charge in [-0.25, -0.2) is 8.78 Å². The van der Waals surface area contributed by atoms with Gasteiger partial charge in [-0.3, -0.25) is 0 Å². The van der Waals surface area contributed by atoms with E-state index in [4.69, 9.17) is 5.11 Å². The molecule has 0 saturated heterocycles. The molecule has 0 aliphatic heterocycles. The molecule has 2 N–H and O–H groups in total. The van der Waals surface area contributed by atoms with Gasteiger partial charge in [-0.2, -0.15) is 0 Å². The van der Waals surface area contributed by atoms with Crippen LogP contribution in [0.3, 0.4) is 0 Å². The molecular formula is C12H17F2NO. The van der Waals surface area contributed by atoms with Crippen LogP contribution in [-0.2, 0) is 0 Å². The number of benzene rings is 1. The largest absolute Gasteiger partial charge is 0.395 e. The first kappa shape index (κ1) is 13.1. The van der Waals surface area contributed by atoms with Crippen molar-refractivity contribution in [3.8, 4) is 0 Å². The summed E-state index contributed by atoms with van der Waals surface area (Å²) < 4.78 is 26.4. The third kappa shape index (κ3) is 3.25. The van der Waals surface area contributed by atoms with Gasteiger partial charge in [0.25, 0.3) is 0 Å². The summed E-state index contributed by atoms with van der Waals surface area (Å²) in [5.41, 5.74) is 0.284. The maximum Gasteiger partial charge on any atom is 0.128 e. The van der Waals surface area contributed by atoms with Crippen LogP contribution < -0.4 is 5.32 Å². The summed E-state index contributed by atoms with van der Waals surface area (Å²) in [5.74, 6) is -0.892. The molecule has 0 aliphatic carbocycles. The van der Waals surface area contributed by atoms with Gasteiger partial charge in [0, 0.05) is 17.6 Å². The lowest BCUT2D eigenvalue weighted by atomic mass is 10.1. The number of rotatable bonds is 5. The summed E-state index contributed by atoms with van der Waals surface area (Å²) in [6.45, 7) is 3.65. The molecule has 0 saturated carbocycles. The predicted molar refractivity (Wildman–Crippen MR) is 59.1 cm³/mol. The summed E-state index contributed by atoms with van der Waals surface area (Å²) in [6, 6.07) is 2.96. The van der Waals surface area contributed by atoms with Gasteiger partial charge in [-0.1, -0.05) is 6.92 Å². The Hall–Kier alpha value is -1.00. The summed E-state index contributed by atoms with van der Waals surface area (Å²) in [6.07, 6.45) is 0.734. The minimum atomic E-state index is -0.456. The van der Waals surface area contributed by atoms with Crippen LogP contribution in [-0.4, -0.2) is 17.8 Å². The zero-order chi connectivity index (χ0) is 12.1. The van der Waals surface area contributed by atoms with Crippen molar-refractivity contribution in [2.45, 2.75) is 32.4 Å². The molecule has 0 fully saturated rings. The van der Waals surface area contributed by atoms with Crippen LogP contribution in [0.4, 0.5) is 8.78 Å². The molecule has 1 unspecified atom stereocenters. The van der Waals surface area contributed by atoms with Gasteiger partial charge < -0.3 is 10.4 Å². The molecule has 0 spiro atoms. The quantitative estimate of drug-likeness (QED) is 0.812. The number of hydrogen-bond donors (Lipinski definition) is 2. The van der Waals surface area contributed by atoms with E-state index < -0.39 is 11.6 Å². The van der Waals surface area contributed by atoms with Crippen LogP contribution in [0.25, 0.3) is 0 Å². The minimum absolute atomic E-state index is 0.0161. The summed E-state index contributed by atoms with van der Waals surface area (Å²) in [4.78, 5) is 0. The van der Waals surface area contributed by atoms with Crippen molar-refractivity contribution in [2.75, 3.05) is 6.61 Å². The van der Waals surface area contributed by atoms with Crippen LogP contribution in [0.2, 0.25) is 0 Å². The zero-order valence-electron chi connectivity index (χ0n) is 9.50. The molecule has 0 bridgehead atoms. The maximum atomic E-state index is 13.4. The van der Waals surface area contributed by atoms with Crippen molar-refractivity contribution in [3.63, 3.8) is 0 Å². The van der Waals surface area contributed by atoms with Gasteiger partial charge in [0.15, 0.2) is 0 Å². The Balaban J connectivity index is 2.79. The van der Waals surface area contributed by atoms with E-state index in [1.807, 2.05) is 6.92 Å². The number of aliphatic hydroxyl groups is 1.